The fourth-order valence-electron chi connectivity index (χ4n) is 1.84. The summed E-state index contributed by atoms with van der Waals surface area (Å²) in [6.45, 7) is -0.409. The van der Waals surface area contributed by atoms with E-state index in [1.807, 2.05) is 24.3 Å². The van der Waals surface area contributed by atoms with Crippen LogP contribution in [0.5, 0.6) is 0 Å². The zero-order valence-corrected chi connectivity index (χ0v) is 17.0. The van der Waals surface area contributed by atoms with Crippen LogP contribution in [0.4, 0.5) is 5.69 Å². The Labute approximate surface area is 164 Å². The average molecular weight is 458 g/mol. The third-order valence-electron chi connectivity index (χ3n) is 3.10. The summed E-state index contributed by atoms with van der Waals surface area (Å²) in [6, 6.07) is 13.2. The molecule has 2 rings (SSSR count). The minimum Gasteiger partial charge on any atom is -0.455 e. The molecule has 0 unspecified atom stereocenters. The first-order valence-electron chi connectivity index (χ1n) is 7.38. The van der Waals surface area contributed by atoms with Crippen molar-refractivity contribution in [3.8, 4) is 0 Å². The molecule has 0 aliphatic rings. The lowest BCUT2D eigenvalue weighted by Gasteiger charge is -2.07. The van der Waals surface area contributed by atoms with E-state index < -0.39 is 28.3 Å². The molecule has 0 bridgehead atoms. The molecule has 138 valence electrons. The van der Waals surface area contributed by atoms with Gasteiger partial charge in [-0.15, -0.1) is 11.8 Å². The maximum absolute atomic E-state index is 11.8. The number of carbonyl (C=O) groups is 2. The number of esters is 1. The number of amides is 1. The Bertz CT molecular complexity index is 880. The molecule has 0 aromatic heterocycles. The first-order valence-corrected chi connectivity index (χ1v) is 11.0. The van der Waals surface area contributed by atoms with Crippen LogP contribution < -0.4 is 5.32 Å². The second kappa shape index (κ2) is 9.20. The van der Waals surface area contributed by atoms with Gasteiger partial charge in [-0.05, 0) is 48.5 Å². The predicted octanol–water partition coefficient (Wildman–Crippen LogP) is 3.13. The lowest BCUT2D eigenvalue weighted by atomic mass is 10.3. The number of anilines is 1. The highest BCUT2D eigenvalue weighted by molar-refractivity contribution is 9.10. The quantitative estimate of drug-likeness (QED) is 0.507. The number of nitrogens with one attached hydrogen (secondary N) is 1. The molecule has 0 saturated heterocycles. The number of hydrogen-bond acceptors (Lipinski definition) is 6. The minimum atomic E-state index is -3.29. The van der Waals surface area contributed by atoms with E-state index in [9.17, 15) is 18.0 Å². The fraction of sp³-hybridized carbons (Fsp3) is 0.176. The lowest BCUT2D eigenvalue weighted by molar-refractivity contribution is -0.144. The zero-order valence-electron chi connectivity index (χ0n) is 13.8. The van der Waals surface area contributed by atoms with Crippen molar-refractivity contribution in [2.45, 2.75) is 9.79 Å². The van der Waals surface area contributed by atoms with E-state index in [-0.39, 0.29) is 10.6 Å². The molecule has 0 aliphatic carbocycles. The number of sulfone groups is 1. The first kappa shape index (κ1) is 20.5. The van der Waals surface area contributed by atoms with Gasteiger partial charge in [-0.25, -0.2) is 8.42 Å². The van der Waals surface area contributed by atoms with Crippen molar-refractivity contribution in [2.75, 3.05) is 23.9 Å². The third-order valence-corrected chi connectivity index (χ3v) is 5.74. The molecule has 0 fully saturated rings. The molecule has 1 N–H and O–H groups in total. The summed E-state index contributed by atoms with van der Waals surface area (Å²) >= 11 is 4.64. The van der Waals surface area contributed by atoms with Crippen LogP contribution in [-0.4, -0.2) is 38.9 Å². The number of carbonyl (C=O) groups excluding carboxylic acids is 2. The van der Waals surface area contributed by atoms with Gasteiger partial charge < -0.3 is 10.1 Å². The maximum atomic E-state index is 11.8. The normalized spacial score (nSPS) is 11.0. The highest BCUT2D eigenvalue weighted by Crippen LogP contribution is 2.20. The Hall–Kier alpha value is -1.84. The largest absolute Gasteiger partial charge is 0.455 e. The molecule has 0 heterocycles. The van der Waals surface area contributed by atoms with Crippen LogP contribution in [0.15, 0.2) is 62.8 Å². The number of benzene rings is 2. The number of hydrogen-bond donors (Lipinski definition) is 1. The molecule has 0 saturated carbocycles. The van der Waals surface area contributed by atoms with Gasteiger partial charge in [-0.2, -0.15) is 0 Å². The summed E-state index contributed by atoms with van der Waals surface area (Å²) in [4.78, 5) is 24.6. The summed E-state index contributed by atoms with van der Waals surface area (Å²) in [6.07, 6.45) is 1.10. The van der Waals surface area contributed by atoms with Crippen LogP contribution in [0.3, 0.4) is 0 Å². The van der Waals surface area contributed by atoms with Gasteiger partial charge in [0.15, 0.2) is 16.4 Å². The van der Waals surface area contributed by atoms with Crippen LogP contribution in [-0.2, 0) is 24.2 Å². The van der Waals surface area contributed by atoms with Gasteiger partial charge >= 0.3 is 5.97 Å². The summed E-state index contributed by atoms with van der Waals surface area (Å²) < 4.78 is 28.6. The van der Waals surface area contributed by atoms with Crippen molar-refractivity contribution in [3.63, 3.8) is 0 Å². The molecule has 6 nitrogen and oxygen atoms in total. The van der Waals surface area contributed by atoms with E-state index in [1.165, 1.54) is 36.0 Å². The van der Waals surface area contributed by atoms with Crippen molar-refractivity contribution in [3.05, 3.63) is 53.0 Å². The van der Waals surface area contributed by atoms with Crippen molar-refractivity contribution in [1.29, 1.82) is 0 Å². The number of halogens is 1. The summed E-state index contributed by atoms with van der Waals surface area (Å²) in [5.41, 5.74) is 0.419. The standard InChI is InChI=1S/C17H16BrNO5S2/c1-26(22,23)15-8-4-13(5-9-15)19-16(20)10-24-17(21)11-25-14-6-2-12(18)3-7-14/h2-9H,10-11H2,1H3,(H,19,20). The lowest BCUT2D eigenvalue weighted by Crippen LogP contribution is -2.21. The van der Waals surface area contributed by atoms with Crippen LogP contribution in [0.1, 0.15) is 0 Å². The summed E-state index contributed by atoms with van der Waals surface area (Å²) in [7, 11) is -3.29. The van der Waals surface area contributed by atoms with Gasteiger partial charge in [-0.1, -0.05) is 15.9 Å². The molecule has 2 aromatic carbocycles. The number of ether oxygens (including phenoxy) is 1. The highest BCUT2D eigenvalue weighted by Gasteiger charge is 2.10. The van der Waals surface area contributed by atoms with Crippen LogP contribution >= 0.6 is 27.7 Å². The van der Waals surface area contributed by atoms with Gasteiger partial charge in [-0.3, -0.25) is 9.59 Å². The number of rotatable bonds is 7. The van der Waals surface area contributed by atoms with Gasteiger partial charge in [0.05, 0.1) is 10.6 Å². The maximum Gasteiger partial charge on any atom is 0.316 e. The average Bonchev–Trinajstić information content (AvgIpc) is 2.59. The molecular formula is C17H16BrNO5S2. The molecule has 1 amide bonds. The van der Waals surface area contributed by atoms with Gasteiger partial charge in [0, 0.05) is 21.3 Å². The first-order chi connectivity index (χ1) is 12.2. The molecule has 26 heavy (non-hydrogen) atoms. The Morgan fingerprint density at radius 3 is 2.27 bits per heavy atom. The molecule has 0 spiro atoms. The molecule has 0 radical (unpaired) electrons. The number of thioether (sulfide) groups is 1. The Morgan fingerprint density at radius 2 is 1.69 bits per heavy atom. The molecule has 0 atom stereocenters. The molecule has 0 aliphatic heterocycles. The summed E-state index contributed by atoms with van der Waals surface area (Å²) in [5.74, 6) is -0.905. The third kappa shape index (κ3) is 6.81. The second-order valence-corrected chi connectivity index (χ2v) is 9.23. The SMILES string of the molecule is CS(=O)(=O)c1ccc(NC(=O)COC(=O)CSc2ccc(Br)cc2)cc1. The van der Waals surface area contributed by atoms with Crippen LogP contribution in [0.2, 0.25) is 0 Å². The van der Waals surface area contributed by atoms with Crippen molar-refractivity contribution in [2.24, 2.45) is 0 Å². The van der Waals surface area contributed by atoms with Gasteiger partial charge in [0.25, 0.3) is 5.91 Å². The van der Waals surface area contributed by atoms with Crippen LogP contribution in [0, 0.1) is 0 Å². The predicted molar refractivity (Wildman–Crippen MR) is 104 cm³/mol. The van der Waals surface area contributed by atoms with E-state index in [1.54, 1.807) is 0 Å². The topological polar surface area (TPSA) is 89.5 Å². The molecular weight excluding hydrogens is 442 g/mol. The van der Waals surface area contributed by atoms with Crippen LogP contribution in [0.25, 0.3) is 0 Å². The van der Waals surface area contributed by atoms with Crippen molar-refractivity contribution in [1.82, 2.24) is 0 Å². The van der Waals surface area contributed by atoms with Gasteiger partial charge in [0.2, 0.25) is 0 Å². The fourth-order valence-corrected chi connectivity index (χ4v) is 3.43. The Kier molecular flexibility index (Phi) is 7.24. The molecule has 9 heteroatoms. The van der Waals surface area contributed by atoms with E-state index in [2.05, 4.69) is 21.2 Å². The van der Waals surface area contributed by atoms with Crippen molar-refractivity contribution >= 4 is 55.1 Å². The van der Waals surface area contributed by atoms with E-state index in [0.717, 1.165) is 15.6 Å². The van der Waals surface area contributed by atoms with E-state index in [0.29, 0.717) is 5.69 Å². The van der Waals surface area contributed by atoms with E-state index in [4.69, 9.17) is 4.74 Å². The van der Waals surface area contributed by atoms with Gasteiger partial charge in [0.1, 0.15) is 0 Å². The monoisotopic (exact) mass is 457 g/mol. The van der Waals surface area contributed by atoms with Crippen molar-refractivity contribution < 1.29 is 22.7 Å². The van der Waals surface area contributed by atoms with E-state index >= 15 is 0 Å². The molecule has 2 aromatic rings. The summed E-state index contributed by atoms with van der Waals surface area (Å²) in [5, 5.41) is 2.53. The Balaban J connectivity index is 1.75. The smallest absolute Gasteiger partial charge is 0.316 e. The highest BCUT2D eigenvalue weighted by atomic mass is 79.9. The minimum absolute atomic E-state index is 0.0952. The second-order valence-electron chi connectivity index (χ2n) is 5.25. The Morgan fingerprint density at radius 1 is 1.08 bits per heavy atom. The zero-order chi connectivity index (χ0) is 19.2.